The molecule has 2 heteroatoms. The number of hydrogen-bond acceptors (Lipinski definition) is 2. The molecule has 1 heterocycles. The second kappa shape index (κ2) is 3.30. The maximum atomic E-state index is 5.29. The van der Waals surface area contributed by atoms with Crippen LogP contribution in [0.5, 0.6) is 0 Å². The molecule has 0 fully saturated rings. The van der Waals surface area contributed by atoms with Crippen LogP contribution in [-0.2, 0) is 19.3 Å². The van der Waals surface area contributed by atoms with Gasteiger partial charge in [0.1, 0.15) is 5.76 Å². The summed E-state index contributed by atoms with van der Waals surface area (Å²) in [4.78, 5) is 0. The average Bonchev–Trinajstić information content (AvgIpc) is 2.50. The Balaban J connectivity index is 2.25. The minimum atomic E-state index is 1.08. The van der Waals surface area contributed by atoms with Crippen LogP contribution in [0.15, 0.2) is 4.52 Å². The minimum absolute atomic E-state index is 1.08. The molecule has 0 atom stereocenters. The van der Waals surface area contributed by atoms with Crippen molar-refractivity contribution in [3.63, 3.8) is 0 Å². The van der Waals surface area contributed by atoms with E-state index in [9.17, 15) is 0 Å². The van der Waals surface area contributed by atoms with Gasteiger partial charge in [0, 0.05) is 12.0 Å². The van der Waals surface area contributed by atoms with Crippen molar-refractivity contribution in [1.82, 2.24) is 5.16 Å². The summed E-state index contributed by atoms with van der Waals surface area (Å²) in [5.41, 5.74) is 2.63. The van der Waals surface area contributed by atoms with E-state index < -0.39 is 0 Å². The quantitative estimate of drug-likeness (QED) is 0.673. The van der Waals surface area contributed by atoms with Crippen molar-refractivity contribution < 1.29 is 4.52 Å². The summed E-state index contributed by atoms with van der Waals surface area (Å²) < 4.78 is 5.29. The van der Waals surface area contributed by atoms with E-state index in [2.05, 4.69) is 12.1 Å². The van der Waals surface area contributed by atoms with Gasteiger partial charge in [-0.05, 0) is 25.7 Å². The Morgan fingerprint density at radius 3 is 3.00 bits per heavy atom. The first-order valence-electron chi connectivity index (χ1n) is 4.88. The Hall–Kier alpha value is -0.790. The molecule has 0 saturated carbocycles. The molecule has 1 aliphatic carbocycles. The van der Waals surface area contributed by atoms with E-state index in [0.717, 1.165) is 18.6 Å². The van der Waals surface area contributed by atoms with Gasteiger partial charge in [0.25, 0.3) is 0 Å². The molecule has 1 aromatic heterocycles. The summed E-state index contributed by atoms with van der Waals surface area (Å²) >= 11 is 0. The van der Waals surface area contributed by atoms with Crippen LogP contribution in [0.3, 0.4) is 0 Å². The third-order valence-corrected chi connectivity index (χ3v) is 2.52. The Morgan fingerprint density at radius 2 is 2.17 bits per heavy atom. The highest BCUT2D eigenvalue weighted by atomic mass is 16.5. The van der Waals surface area contributed by atoms with E-state index in [1.165, 1.54) is 36.9 Å². The van der Waals surface area contributed by atoms with Crippen molar-refractivity contribution in [3.8, 4) is 0 Å². The molecule has 0 N–H and O–H groups in total. The van der Waals surface area contributed by atoms with Gasteiger partial charge in [0.2, 0.25) is 0 Å². The van der Waals surface area contributed by atoms with Crippen LogP contribution in [0, 0.1) is 0 Å². The summed E-state index contributed by atoms with van der Waals surface area (Å²) in [5, 5.41) is 4.11. The summed E-state index contributed by atoms with van der Waals surface area (Å²) in [6.45, 7) is 2.18. The molecule has 66 valence electrons. The fourth-order valence-corrected chi connectivity index (χ4v) is 1.88. The topological polar surface area (TPSA) is 26.0 Å². The first-order chi connectivity index (χ1) is 5.92. The van der Waals surface area contributed by atoms with Crippen LogP contribution in [0.25, 0.3) is 0 Å². The van der Waals surface area contributed by atoms with Gasteiger partial charge in [-0.1, -0.05) is 18.5 Å². The molecule has 0 radical (unpaired) electrons. The Morgan fingerprint density at radius 1 is 1.33 bits per heavy atom. The molecular formula is C10H15NO. The van der Waals surface area contributed by atoms with Crippen molar-refractivity contribution >= 4 is 0 Å². The molecule has 0 amide bonds. The van der Waals surface area contributed by atoms with Crippen LogP contribution in [0.1, 0.15) is 43.2 Å². The van der Waals surface area contributed by atoms with Gasteiger partial charge in [-0.15, -0.1) is 0 Å². The first kappa shape index (κ1) is 7.84. The Kier molecular flexibility index (Phi) is 2.15. The first-order valence-corrected chi connectivity index (χ1v) is 4.88. The van der Waals surface area contributed by atoms with Gasteiger partial charge in [0.05, 0.1) is 5.69 Å². The number of hydrogen-bond donors (Lipinski definition) is 0. The Bertz CT molecular complexity index is 265. The fraction of sp³-hybridized carbons (Fsp3) is 0.700. The predicted octanol–water partition coefficient (Wildman–Crippen LogP) is 2.51. The lowest BCUT2D eigenvalue weighted by Crippen LogP contribution is -2.01. The number of nitrogens with zero attached hydrogens (tertiary/aromatic N) is 1. The summed E-state index contributed by atoms with van der Waals surface area (Å²) in [7, 11) is 0. The molecule has 1 aromatic rings. The monoisotopic (exact) mass is 165 g/mol. The van der Waals surface area contributed by atoms with Gasteiger partial charge >= 0.3 is 0 Å². The van der Waals surface area contributed by atoms with Crippen LogP contribution < -0.4 is 0 Å². The van der Waals surface area contributed by atoms with Crippen LogP contribution in [-0.4, -0.2) is 5.16 Å². The molecule has 0 saturated heterocycles. The van der Waals surface area contributed by atoms with Gasteiger partial charge in [-0.3, -0.25) is 0 Å². The van der Waals surface area contributed by atoms with Gasteiger partial charge in [0.15, 0.2) is 0 Å². The summed E-state index contributed by atoms with van der Waals surface area (Å²) in [5.74, 6) is 1.16. The smallest absolute Gasteiger partial charge is 0.140 e. The number of fused-ring (bicyclic) bond motifs is 1. The molecule has 1 aliphatic rings. The zero-order chi connectivity index (χ0) is 8.39. The zero-order valence-corrected chi connectivity index (χ0v) is 7.60. The molecule has 0 aliphatic heterocycles. The molecule has 0 unspecified atom stereocenters. The highest BCUT2D eigenvalue weighted by Gasteiger charge is 2.17. The molecule has 0 aromatic carbocycles. The number of aromatic nitrogens is 1. The lowest BCUT2D eigenvalue weighted by Gasteiger charge is -2.08. The van der Waals surface area contributed by atoms with Gasteiger partial charge in [-0.25, -0.2) is 0 Å². The molecule has 12 heavy (non-hydrogen) atoms. The standard InChI is InChI=1S/C10H15NO/c1-2-5-9-8-6-3-4-7-10(8)12-11-9/h2-7H2,1H3. The van der Waals surface area contributed by atoms with Crippen LogP contribution in [0.4, 0.5) is 0 Å². The van der Waals surface area contributed by atoms with E-state index in [4.69, 9.17) is 4.52 Å². The second-order valence-corrected chi connectivity index (χ2v) is 3.49. The van der Waals surface area contributed by atoms with Gasteiger partial charge in [-0.2, -0.15) is 0 Å². The lowest BCUT2D eigenvalue weighted by atomic mass is 9.95. The third kappa shape index (κ3) is 1.26. The van der Waals surface area contributed by atoms with Crippen molar-refractivity contribution in [2.45, 2.75) is 45.4 Å². The summed E-state index contributed by atoms with van der Waals surface area (Å²) in [6.07, 6.45) is 7.12. The molecular weight excluding hydrogens is 150 g/mol. The number of rotatable bonds is 2. The molecule has 0 spiro atoms. The van der Waals surface area contributed by atoms with Crippen LogP contribution in [0.2, 0.25) is 0 Å². The third-order valence-electron chi connectivity index (χ3n) is 2.52. The molecule has 2 nitrogen and oxygen atoms in total. The second-order valence-electron chi connectivity index (χ2n) is 3.49. The fourth-order valence-electron chi connectivity index (χ4n) is 1.88. The minimum Gasteiger partial charge on any atom is -0.361 e. The van der Waals surface area contributed by atoms with Crippen molar-refractivity contribution in [1.29, 1.82) is 0 Å². The van der Waals surface area contributed by atoms with E-state index in [-0.39, 0.29) is 0 Å². The maximum Gasteiger partial charge on any atom is 0.140 e. The number of aryl methyl sites for hydroxylation is 2. The summed E-state index contributed by atoms with van der Waals surface area (Å²) in [6, 6.07) is 0. The van der Waals surface area contributed by atoms with E-state index in [1.54, 1.807) is 0 Å². The van der Waals surface area contributed by atoms with Crippen molar-refractivity contribution in [2.24, 2.45) is 0 Å². The maximum absolute atomic E-state index is 5.29. The van der Waals surface area contributed by atoms with Gasteiger partial charge < -0.3 is 4.52 Å². The van der Waals surface area contributed by atoms with E-state index in [0.29, 0.717) is 0 Å². The van der Waals surface area contributed by atoms with Crippen molar-refractivity contribution in [3.05, 3.63) is 17.0 Å². The zero-order valence-electron chi connectivity index (χ0n) is 7.60. The Labute approximate surface area is 72.9 Å². The average molecular weight is 165 g/mol. The van der Waals surface area contributed by atoms with E-state index in [1.807, 2.05) is 0 Å². The van der Waals surface area contributed by atoms with Crippen LogP contribution >= 0.6 is 0 Å². The SMILES string of the molecule is CCCc1noc2c1CCCC2. The van der Waals surface area contributed by atoms with E-state index >= 15 is 0 Å². The molecule has 0 bridgehead atoms. The normalized spacial score (nSPS) is 16.1. The lowest BCUT2D eigenvalue weighted by molar-refractivity contribution is 0.368. The highest BCUT2D eigenvalue weighted by molar-refractivity contribution is 5.25. The predicted molar refractivity (Wildman–Crippen MR) is 47.1 cm³/mol. The van der Waals surface area contributed by atoms with Crippen molar-refractivity contribution in [2.75, 3.05) is 0 Å². The molecule has 2 rings (SSSR count). The highest BCUT2D eigenvalue weighted by Crippen LogP contribution is 2.24. The largest absolute Gasteiger partial charge is 0.361 e.